The molecule has 0 aliphatic rings. The van der Waals surface area contributed by atoms with Gasteiger partial charge in [-0.2, -0.15) is 0 Å². The molecule has 23 heavy (non-hydrogen) atoms. The third-order valence-corrected chi connectivity index (χ3v) is 4.28. The molecule has 1 aromatic carbocycles. The van der Waals surface area contributed by atoms with E-state index in [9.17, 15) is 10.2 Å². The molecule has 132 valence electrons. The second-order valence-corrected chi connectivity index (χ2v) is 6.34. The Balaban J connectivity index is 2.55. The van der Waals surface area contributed by atoms with E-state index in [0.29, 0.717) is 6.61 Å². The normalized spacial score (nSPS) is 12.4. The van der Waals surface area contributed by atoms with Gasteiger partial charge in [0, 0.05) is 12.2 Å². The molecule has 1 rings (SSSR count). The molecule has 0 saturated heterocycles. The first-order valence-electron chi connectivity index (χ1n) is 9.33. The van der Waals surface area contributed by atoms with E-state index in [-0.39, 0.29) is 17.6 Å². The molecule has 0 bridgehead atoms. The Bertz CT molecular complexity index is 403. The number of rotatable bonds is 13. The van der Waals surface area contributed by atoms with Crippen LogP contribution in [0.15, 0.2) is 18.2 Å². The van der Waals surface area contributed by atoms with Crippen LogP contribution in [-0.2, 0) is 4.74 Å². The molecule has 0 saturated carbocycles. The number of hydrogen-bond donors (Lipinski definition) is 2. The number of hydrogen-bond acceptors (Lipinski definition) is 3. The van der Waals surface area contributed by atoms with Crippen LogP contribution in [0.4, 0.5) is 0 Å². The van der Waals surface area contributed by atoms with E-state index in [1.54, 1.807) is 6.07 Å². The number of aromatic hydroxyl groups is 2. The summed E-state index contributed by atoms with van der Waals surface area (Å²) >= 11 is 0. The van der Waals surface area contributed by atoms with E-state index < -0.39 is 0 Å². The SMILES string of the molecule is CCCCCCCC(OCCCCCC)c1cccc(O)c1O. The summed E-state index contributed by atoms with van der Waals surface area (Å²) in [6, 6.07) is 5.14. The predicted molar refractivity (Wildman–Crippen MR) is 96.0 cm³/mol. The summed E-state index contributed by atoms with van der Waals surface area (Å²) in [6.07, 6.45) is 11.5. The Labute approximate surface area is 141 Å². The molecule has 1 aromatic rings. The molecular formula is C20H34O3. The lowest BCUT2D eigenvalue weighted by Gasteiger charge is -2.20. The van der Waals surface area contributed by atoms with E-state index in [1.807, 2.05) is 6.07 Å². The molecule has 0 aliphatic heterocycles. The molecule has 0 radical (unpaired) electrons. The van der Waals surface area contributed by atoms with Crippen LogP contribution in [0.25, 0.3) is 0 Å². The minimum absolute atomic E-state index is 0.0281. The molecule has 0 amide bonds. The molecule has 0 heterocycles. The second-order valence-electron chi connectivity index (χ2n) is 6.34. The molecular weight excluding hydrogens is 288 g/mol. The largest absolute Gasteiger partial charge is 0.504 e. The number of para-hydroxylation sites is 1. The van der Waals surface area contributed by atoms with Crippen LogP contribution in [-0.4, -0.2) is 16.8 Å². The van der Waals surface area contributed by atoms with E-state index in [4.69, 9.17) is 4.74 Å². The van der Waals surface area contributed by atoms with Crippen LogP contribution < -0.4 is 0 Å². The molecule has 3 nitrogen and oxygen atoms in total. The molecule has 0 aromatic heterocycles. The van der Waals surface area contributed by atoms with Crippen LogP contribution >= 0.6 is 0 Å². The Morgan fingerprint density at radius 2 is 1.52 bits per heavy atom. The number of phenols is 2. The summed E-state index contributed by atoms with van der Waals surface area (Å²) in [5.41, 5.74) is 0.719. The van der Waals surface area contributed by atoms with Crippen molar-refractivity contribution in [2.24, 2.45) is 0 Å². The maximum absolute atomic E-state index is 10.1. The van der Waals surface area contributed by atoms with Gasteiger partial charge >= 0.3 is 0 Å². The Morgan fingerprint density at radius 3 is 2.22 bits per heavy atom. The highest BCUT2D eigenvalue weighted by molar-refractivity contribution is 5.45. The van der Waals surface area contributed by atoms with Crippen molar-refractivity contribution in [1.29, 1.82) is 0 Å². The van der Waals surface area contributed by atoms with E-state index in [1.165, 1.54) is 51.0 Å². The highest BCUT2D eigenvalue weighted by Crippen LogP contribution is 2.36. The fourth-order valence-electron chi connectivity index (χ4n) is 2.82. The molecule has 0 spiro atoms. The maximum atomic E-state index is 10.1. The van der Waals surface area contributed by atoms with Crippen molar-refractivity contribution in [3.8, 4) is 11.5 Å². The first-order chi connectivity index (χ1) is 11.2. The average Bonchev–Trinajstić information content (AvgIpc) is 2.55. The average molecular weight is 322 g/mol. The zero-order valence-corrected chi connectivity index (χ0v) is 14.9. The number of phenolic OH excluding ortho intramolecular Hbond substituents is 2. The molecule has 0 fully saturated rings. The molecule has 1 atom stereocenters. The first kappa shape index (κ1) is 19.8. The maximum Gasteiger partial charge on any atom is 0.163 e. The third-order valence-electron chi connectivity index (χ3n) is 4.28. The monoisotopic (exact) mass is 322 g/mol. The summed E-state index contributed by atoms with van der Waals surface area (Å²) < 4.78 is 6.05. The summed E-state index contributed by atoms with van der Waals surface area (Å²) in [6.45, 7) is 5.13. The quantitative estimate of drug-likeness (QED) is 0.341. The fourth-order valence-corrected chi connectivity index (χ4v) is 2.82. The Morgan fingerprint density at radius 1 is 0.870 bits per heavy atom. The van der Waals surface area contributed by atoms with Gasteiger partial charge < -0.3 is 14.9 Å². The zero-order chi connectivity index (χ0) is 16.9. The number of unbranched alkanes of at least 4 members (excludes halogenated alkanes) is 7. The van der Waals surface area contributed by atoms with Gasteiger partial charge in [-0.05, 0) is 18.9 Å². The van der Waals surface area contributed by atoms with Crippen LogP contribution in [0.5, 0.6) is 11.5 Å². The lowest BCUT2D eigenvalue weighted by molar-refractivity contribution is 0.0404. The van der Waals surface area contributed by atoms with E-state index in [2.05, 4.69) is 13.8 Å². The number of benzene rings is 1. The van der Waals surface area contributed by atoms with E-state index in [0.717, 1.165) is 24.8 Å². The topological polar surface area (TPSA) is 49.7 Å². The molecule has 1 unspecified atom stereocenters. The summed E-state index contributed by atoms with van der Waals surface area (Å²) in [5.74, 6) is -0.0901. The van der Waals surface area contributed by atoms with Crippen molar-refractivity contribution in [2.45, 2.75) is 84.2 Å². The van der Waals surface area contributed by atoms with Crippen LogP contribution in [0, 0.1) is 0 Å². The van der Waals surface area contributed by atoms with Gasteiger partial charge in [-0.25, -0.2) is 0 Å². The Kier molecular flexibility index (Phi) is 10.5. The highest BCUT2D eigenvalue weighted by atomic mass is 16.5. The highest BCUT2D eigenvalue weighted by Gasteiger charge is 2.17. The van der Waals surface area contributed by atoms with Crippen molar-refractivity contribution in [3.05, 3.63) is 23.8 Å². The minimum Gasteiger partial charge on any atom is -0.504 e. The van der Waals surface area contributed by atoms with Gasteiger partial charge in [-0.1, -0.05) is 77.3 Å². The molecule has 0 aliphatic carbocycles. The third kappa shape index (κ3) is 7.74. The van der Waals surface area contributed by atoms with Crippen LogP contribution in [0.3, 0.4) is 0 Å². The predicted octanol–water partition coefficient (Wildman–Crippen LogP) is 6.10. The zero-order valence-electron chi connectivity index (χ0n) is 14.9. The van der Waals surface area contributed by atoms with Crippen LogP contribution in [0.1, 0.15) is 89.7 Å². The fraction of sp³-hybridized carbons (Fsp3) is 0.700. The van der Waals surface area contributed by atoms with Crippen molar-refractivity contribution < 1.29 is 14.9 Å². The van der Waals surface area contributed by atoms with Crippen molar-refractivity contribution in [2.75, 3.05) is 6.61 Å². The van der Waals surface area contributed by atoms with E-state index >= 15 is 0 Å². The van der Waals surface area contributed by atoms with Gasteiger partial charge in [0.1, 0.15) is 0 Å². The lowest BCUT2D eigenvalue weighted by atomic mass is 10.0. The van der Waals surface area contributed by atoms with Crippen molar-refractivity contribution in [3.63, 3.8) is 0 Å². The summed E-state index contributed by atoms with van der Waals surface area (Å²) in [7, 11) is 0. The van der Waals surface area contributed by atoms with Gasteiger partial charge in [0.15, 0.2) is 11.5 Å². The van der Waals surface area contributed by atoms with Crippen molar-refractivity contribution in [1.82, 2.24) is 0 Å². The summed E-state index contributed by atoms with van der Waals surface area (Å²) in [4.78, 5) is 0. The first-order valence-corrected chi connectivity index (χ1v) is 9.33. The van der Waals surface area contributed by atoms with Gasteiger partial charge in [-0.3, -0.25) is 0 Å². The standard InChI is InChI=1S/C20H34O3/c1-3-5-7-9-10-15-19(23-16-11-8-6-4-2)17-13-12-14-18(21)20(17)22/h12-14,19,21-22H,3-11,15-16H2,1-2H3. The lowest BCUT2D eigenvalue weighted by Crippen LogP contribution is -2.06. The second kappa shape index (κ2) is 12.2. The van der Waals surface area contributed by atoms with Gasteiger partial charge in [0.2, 0.25) is 0 Å². The molecule has 3 heteroatoms. The van der Waals surface area contributed by atoms with Gasteiger partial charge in [-0.15, -0.1) is 0 Å². The molecule has 2 N–H and O–H groups in total. The minimum atomic E-state index is -0.120. The number of ether oxygens (including phenoxy) is 1. The smallest absolute Gasteiger partial charge is 0.163 e. The summed E-state index contributed by atoms with van der Waals surface area (Å²) in [5, 5.41) is 19.8. The van der Waals surface area contributed by atoms with Gasteiger partial charge in [0.05, 0.1) is 6.10 Å². The van der Waals surface area contributed by atoms with Crippen molar-refractivity contribution >= 4 is 0 Å². The van der Waals surface area contributed by atoms with Gasteiger partial charge in [0.25, 0.3) is 0 Å². The Hall–Kier alpha value is -1.22. The van der Waals surface area contributed by atoms with Crippen LogP contribution in [0.2, 0.25) is 0 Å².